The quantitative estimate of drug-likeness (QED) is 0.667. The number of benzene rings is 1. The van der Waals surface area contributed by atoms with E-state index in [2.05, 4.69) is 55.1 Å². The highest BCUT2D eigenvalue weighted by molar-refractivity contribution is 7.18. The molecular weight excluding hydrogens is 330 g/mol. The second kappa shape index (κ2) is 7.40. The van der Waals surface area contributed by atoms with Crippen molar-refractivity contribution in [1.29, 1.82) is 0 Å². The smallest absolute Gasteiger partial charge is 0.259 e. The zero-order chi connectivity index (χ0) is 18.0. The molecule has 0 aliphatic heterocycles. The molecule has 0 bridgehead atoms. The lowest BCUT2D eigenvalue weighted by Gasteiger charge is -2.09. The summed E-state index contributed by atoms with van der Waals surface area (Å²) in [6.07, 6.45) is 2.05. The van der Waals surface area contributed by atoms with Gasteiger partial charge in [0.2, 0.25) is 0 Å². The van der Waals surface area contributed by atoms with Gasteiger partial charge in [-0.15, -0.1) is 11.3 Å². The van der Waals surface area contributed by atoms with E-state index in [0.717, 1.165) is 28.7 Å². The lowest BCUT2D eigenvalue weighted by Crippen LogP contribution is -2.15. The summed E-state index contributed by atoms with van der Waals surface area (Å²) in [4.78, 5) is 22.4. The number of aromatic amines is 1. The molecule has 0 saturated heterocycles. The standard InChI is InChI=1S/C20H25N3OS/c1-5-12(2)10-16-14(4)25-20-18(16)19(24)22-17(23-20)11-21-15-8-6-7-13(3)9-15/h6-9,12,21H,5,10-11H2,1-4H3,(H,22,23,24)/t12-/m0/s1. The van der Waals surface area contributed by atoms with Crippen LogP contribution in [-0.2, 0) is 13.0 Å². The Hall–Kier alpha value is -2.14. The van der Waals surface area contributed by atoms with Crippen molar-refractivity contribution in [2.45, 2.75) is 47.1 Å². The first-order valence-electron chi connectivity index (χ1n) is 8.79. The number of hydrogen-bond acceptors (Lipinski definition) is 4. The van der Waals surface area contributed by atoms with Crippen molar-refractivity contribution in [2.24, 2.45) is 5.92 Å². The Labute approximate surface area is 152 Å². The van der Waals surface area contributed by atoms with E-state index in [1.165, 1.54) is 16.0 Å². The largest absolute Gasteiger partial charge is 0.378 e. The van der Waals surface area contributed by atoms with Crippen molar-refractivity contribution >= 4 is 27.2 Å². The first-order chi connectivity index (χ1) is 12.0. The molecule has 0 radical (unpaired) electrons. The number of H-pyrrole nitrogens is 1. The van der Waals surface area contributed by atoms with Crippen molar-refractivity contribution in [2.75, 3.05) is 5.32 Å². The number of nitrogens with one attached hydrogen (secondary N) is 2. The average Bonchev–Trinajstić information content (AvgIpc) is 2.89. The van der Waals surface area contributed by atoms with Crippen LogP contribution >= 0.6 is 11.3 Å². The van der Waals surface area contributed by atoms with E-state index in [0.29, 0.717) is 18.3 Å². The zero-order valence-electron chi connectivity index (χ0n) is 15.3. The third-order valence-corrected chi connectivity index (χ3v) is 5.68. The van der Waals surface area contributed by atoms with Gasteiger partial charge in [0.25, 0.3) is 5.56 Å². The summed E-state index contributed by atoms with van der Waals surface area (Å²) in [5.41, 5.74) is 3.38. The fourth-order valence-corrected chi connectivity index (χ4v) is 4.06. The van der Waals surface area contributed by atoms with Gasteiger partial charge in [0.05, 0.1) is 11.9 Å². The molecule has 0 amide bonds. The van der Waals surface area contributed by atoms with Crippen molar-refractivity contribution in [3.63, 3.8) is 0 Å². The van der Waals surface area contributed by atoms with Gasteiger partial charge in [-0.05, 0) is 49.4 Å². The van der Waals surface area contributed by atoms with E-state index in [-0.39, 0.29) is 5.56 Å². The molecule has 5 heteroatoms. The molecule has 2 heterocycles. The summed E-state index contributed by atoms with van der Waals surface area (Å²) < 4.78 is 0. The van der Waals surface area contributed by atoms with E-state index in [4.69, 9.17) is 0 Å². The molecule has 0 fully saturated rings. The zero-order valence-corrected chi connectivity index (χ0v) is 16.1. The molecule has 1 atom stereocenters. The second-order valence-corrected chi connectivity index (χ2v) is 7.97. The van der Waals surface area contributed by atoms with Crippen LogP contribution < -0.4 is 10.9 Å². The van der Waals surface area contributed by atoms with E-state index in [9.17, 15) is 4.79 Å². The average molecular weight is 356 g/mol. The van der Waals surface area contributed by atoms with Gasteiger partial charge in [0.1, 0.15) is 10.7 Å². The molecule has 132 valence electrons. The molecule has 0 aliphatic rings. The Morgan fingerprint density at radius 3 is 2.84 bits per heavy atom. The highest BCUT2D eigenvalue weighted by Gasteiger charge is 2.16. The molecule has 25 heavy (non-hydrogen) atoms. The lowest BCUT2D eigenvalue weighted by atomic mass is 9.98. The SMILES string of the molecule is CC[C@H](C)Cc1c(C)sc2nc(CNc3cccc(C)c3)[nH]c(=O)c12. The fourth-order valence-electron chi connectivity index (χ4n) is 2.98. The fraction of sp³-hybridized carbons (Fsp3) is 0.400. The topological polar surface area (TPSA) is 57.8 Å². The molecule has 3 aromatic rings. The third kappa shape index (κ3) is 3.93. The highest BCUT2D eigenvalue weighted by atomic mass is 32.1. The number of anilines is 1. The number of hydrogen-bond donors (Lipinski definition) is 2. The van der Waals surface area contributed by atoms with Gasteiger partial charge < -0.3 is 10.3 Å². The maximum Gasteiger partial charge on any atom is 0.259 e. The van der Waals surface area contributed by atoms with Crippen molar-refractivity contribution in [1.82, 2.24) is 9.97 Å². The van der Waals surface area contributed by atoms with E-state index >= 15 is 0 Å². The minimum Gasteiger partial charge on any atom is -0.378 e. The number of aromatic nitrogens is 2. The molecule has 0 spiro atoms. The van der Waals surface area contributed by atoms with Crippen LogP contribution in [0.4, 0.5) is 5.69 Å². The van der Waals surface area contributed by atoms with Crippen LogP contribution in [-0.4, -0.2) is 9.97 Å². The maximum atomic E-state index is 12.7. The minimum absolute atomic E-state index is 0.0197. The maximum absolute atomic E-state index is 12.7. The monoisotopic (exact) mass is 355 g/mol. The van der Waals surface area contributed by atoms with Crippen LogP contribution in [0.25, 0.3) is 10.2 Å². The van der Waals surface area contributed by atoms with Gasteiger partial charge in [0.15, 0.2) is 0 Å². The van der Waals surface area contributed by atoms with Crippen LogP contribution in [0, 0.1) is 19.8 Å². The first kappa shape index (κ1) is 17.7. The number of nitrogens with zero attached hydrogens (tertiary/aromatic N) is 1. The van der Waals surface area contributed by atoms with E-state index in [1.54, 1.807) is 11.3 Å². The first-order valence-corrected chi connectivity index (χ1v) is 9.61. The molecule has 1 aromatic carbocycles. The molecule has 0 unspecified atom stereocenters. The Kier molecular flexibility index (Phi) is 5.23. The molecular formula is C20H25N3OS. The Balaban J connectivity index is 1.88. The van der Waals surface area contributed by atoms with Crippen LogP contribution in [0.15, 0.2) is 29.1 Å². The number of rotatable bonds is 6. The number of fused-ring (bicyclic) bond motifs is 1. The van der Waals surface area contributed by atoms with Gasteiger partial charge >= 0.3 is 0 Å². The van der Waals surface area contributed by atoms with Gasteiger partial charge in [-0.25, -0.2) is 4.98 Å². The van der Waals surface area contributed by atoms with Crippen molar-refractivity contribution in [3.05, 3.63) is 56.4 Å². The van der Waals surface area contributed by atoms with Crippen molar-refractivity contribution in [3.8, 4) is 0 Å². The number of aryl methyl sites for hydroxylation is 2. The molecule has 0 saturated carbocycles. The van der Waals surface area contributed by atoms with Crippen LogP contribution in [0.2, 0.25) is 0 Å². The van der Waals surface area contributed by atoms with Crippen molar-refractivity contribution < 1.29 is 0 Å². The van der Waals surface area contributed by atoms with E-state index in [1.807, 2.05) is 12.1 Å². The Morgan fingerprint density at radius 1 is 1.32 bits per heavy atom. The lowest BCUT2D eigenvalue weighted by molar-refractivity contribution is 0.561. The minimum atomic E-state index is -0.0197. The molecule has 3 rings (SSSR count). The summed E-state index contributed by atoms with van der Waals surface area (Å²) >= 11 is 1.62. The Morgan fingerprint density at radius 2 is 2.12 bits per heavy atom. The molecule has 4 nitrogen and oxygen atoms in total. The van der Waals surface area contributed by atoms with Gasteiger partial charge in [0, 0.05) is 10.6 Å². The third-order valence-electron chi connectivity index (χ3n) is 4.64. The molecule has 2 N–H and O–H groups in total. The molecule has 2 aromatic heterocycles. The van der Waals surface area contributed by atoms with E-state index < -0.39 is 0 Å². The van der Waals surface area contributed by atoms with Gasteiger partial charge in [-0.3, -0.25) is 4.79 Å². The van der Waals surface area contributed by atoms with Crippen LogP contribution in [0.5, 0.6) is 0 Å². The summed E-state index contributed by atoms with van der Waals surface area (Å²) in [7, 11) is 0. The van der Waals surface area contributed by atoms with Gasteiger partial charge in [-0.2, -0.15) is 0 Å². The summed E-state index contributed by atoms with van der Waals surface area (Å²) in [6, 6.07) is 8.17. The number of thiophene rings is 1. The van der Waals surface area contributed by atoms with Crippen LogP contribution in [0.3, 0.4) is 0 Å². The van der Waals surface area contributed by atoms with Crippen LogP contribution in [0.1, 0.15) is 42.1 Å². The Bertz CT molecular complexity index is 942. The predicted molar refractivity (Wildman–Crippen MR) is 107 cm³/mol. The van der Waals surface area contributed by atoms with Gasteiger partial charge in [-0.1, -0.05) is 32.4 Å². The predicted octanol–water partition coefficient (Wildman–Crippen LogP) is 4.80. The summed E-state index contributed by atoms with van der Waals surface area (Å²) in [5, 5.41) is 4.11. The summed E-state index contributed by atoms with van der Waals surface area (Å²) in [5.74, 6) is 1.24. The molecule has 0 aliphatic carbocycles. The normalized spacial score (nSPS) is 12.5. The highest BCUT2D eigenvalue weighted by Crippen LogP contribution is 2.29. The second-order valence-electron chi connectivity index (χ2n) is 6.77. The summed E-state index contributed by atoms with van der Waals surface area (Å²) in [6.45, 7) is 9.07.